The Labute approximate surface area is 561 Å². The Morgan fingerprint density at radius 3 is 0.979 bits per heavy atom. The summed E-state index contributed by atoms with van der Waals surface area (Å²) in [6.45, 7) is 7.81. The predicted octanol–water partition coefficient (Wildman–Crippen LogP) is 24.4. The van der Waals surface area contributed by atoms with Crippen molar-refractivity contribution in [2.45, 2.75) is 10.8 Å². The Balaban J connectivity index is 0.778. The van der Waals surface area contributed by atoms with Gasteiger partial charge in [0.15, 0.2) is 0 Å². The molecule has 0 N–H and O–H groups in total. The van der Waals surface area contributed by atoms with Gasteiger partial charge < -0.3 is 23.7 Å². The molecule has 15 aromatic rings. The van der Waals surface area contributed by atoms with Crippen LogP contribution in [0.4, 0.5) is 42.9 Å². The third-order valence-electron chi connectivity index (χ3n) is 19.4. The van der Waals surface area contributed by atoms with Crippen LogP contribution in [-0.2, 0) is 10.8 Å². The minimum absolute atomic E-state index is 0.334. The molecule has 1 heterocycles. The largest absolute Gasteiger partial charge is 0.457 e. The summed E-state index contributed by atoms with van der Waals surface area (Å²) < 4.78 is 50.1. The maximum absolute atomic E-state index is 15.1. The van der Waals surface area contributed by atoms with Gasteiger partial charge in [-0.25, -0.2) is 8.78 Å². The predicted molar refractivity (Wildman–Crippen MR) is 391 cm³/mol. The van der Waals surface area contributed by atoms with Crippen LogP contribution in [0.3, 0.4) is 0 Å². The van der Waals surface area contributed by atoms with Gasteiger partial charge in [0.25, 0.3) is 0 Å². The van der Waals surface area contributed by atoms with Crippen molar-refractivity contribution in [1.82, 2.24) is 0 Å². The molecule has 0 saturated heterocycles. The van der Waals surface area contributed by atoms with Crippen molar-refractivity contribution in [3.8, 4) is 45.3 Å². The van der Waals surface area contributed by atoms with Gasteiger partial charge >= 0.3 is 0 Å². The Bertz CT molecular complexity index is 5160. The number of nitrogens with zero attached hydrogens (tertiary/aromatic N) is 2. The van der Waals surface area contributed by atoms with Gasteiger partial charge in [0, 0.05) is 57.0 Å². The quantitative estimate of drug-likeness (QED) is 0.0964. The van der Waals surface area contributed by atoms with Gasteiger partial charge in [0.2, 0.25) is 0 Å². The molecule has 14 aromatic carbocycles. The Morgan fingerprint density at radius 1 is 0.289 bits per heavy atom. The number of fused-ring (bicyclic) bond motifs is 9. The second-order valence-electron chi connectivity index (χ2n) is 24.7. The number of hydrogen-bond acceptors (Lipinski definition) is 5. The van der Waals surface area contributed by atoms with E-state index in [1.54, 1.807) is 0 Å². The van der Waals surface area contributed by atoms with Crippen LogP contribution in [0.1, 0.15) is 55.6 Å². The molecule has 97 heavy (non-hydrogen) atoms. The molecular weight excluding hydrogens is 1190 g/mol. The monoisotopic (exact) mass is 1250 g/mol. The number of benzene rings is 14. The highest BCUT2D eigenvalue weighted by molar-refractivity contribution is 6.07. The van der Waals surface area contributed by atoms with Crippen LogP contribution in [0.15, 0.2) is 345 Å². The third-order valence-corrected chi connectivity index (χ3v) is 19.4. The van der Waals surface area contributed by atoms with E-state index in [9.17, 15) is 0 Å². The summed E-state index contributed by atoms with van der Waals surface area (Å²) in [7, 11) is 0. The van der Waals surface area contributed by atoms with E-state index >= 15 is 8.78 Å². The third kappa shape index (κ3) is 9.81. The summed E-state index contributed by atoms with van der Waals surface area (Å²) in [4.78, 5) is 4.35. The van der Waals surface area contributed by atoms with Crippen LogP contribution in [0.5, 0.6) is 23.0 Å². The zero-order valence-corrected chi connectivity index (χ0v) is 52.6. The van der Waals surface area contributed by atoms with Crippen LogP contribution < -0.4 is 19.3 Å². The number of rotatable bonds is 16. The first kappa shape index (κ1) is 58.3. The average molecular weight is 1260 g/mol. The van der Waals surface area contributed by atoms with Gasteiger partial charge in [-0.3, -0.25) is 0 Å². The fourth-order valence-corrected chi connectivity index (χ4v) is 15.0. The molecule has 462 valence electrons. The zero-order valence-electron chi connectivity index (χ0n) is 52.6. The summed E-state index contributed by atoms with van der Waals surface area (Å²) in [6.07, 6.45) is 3.64. The van der Waals surface area contributed by atoms with E-state index in [1.165, 1.54) is 35.4 Å². The lowest BCUT2D eigenvalue weighted by Gasteiger charge is -2.35. The fourth-order valence-electron chi connectivity index (χ4n) is 15.0. The Hall–Kier alpha value is -12.6. The van der Waals surface area contributed by atoms with Gasteiger partial charge in [-0.05, 0) is 223 Å². The topological polar surface area (TPSA) is 38.1 Å². The van der Waals surface area contributed by atoms with Crippen molar-refractivity contribution in [1.29, 1.82) is 0 Å². The molecule has 0 spiro atoms. The van der Waals surface area contributed by atoms with Crippen molar-refractivity contribution in [2.24, 2.45) is 0 Å². The summed E-state index contributed by atoms with van der Waals surface area (Å²) in [5.74, 6) is 2.24. The molecule has 0 aliphatic heterocycles. The second kappa shape index (κ2) is 23.8. The minimum Gasteiger partial charge on any atom is -0.457 e. The highest BCUT2D eigenvalue weighted by atomic mass is 19.1. The summed E-state index contributed by atoms with van der Waals surface area (Å²) in [5, 5.41) is 1.85. The van der Waals surface area contributed by atoms with E-state index in [2.05, 4.69) is 253 Å². The normalized spacial score (nSPS) is 14.9. The first-order chi connectivity index (χ1) is 47.7. The van der Waals surface area contributed by atoms with E-state index in [1.807, 2.05) is 84.9 Å². The van der Waals surface area contributed by atoms with Gasteiger partial charge in [-0.15, -0.1) is 0 Å². The van der Waals surface area contributed by atoms with Crippen molar-refractivity contribution in [2.75, 3.05) is 9.80 Å². The van der Waals surface area contributed by atoms with Gasteiger partial charge in [-0.1, -0.05) is 195 Å². The van der Waals surface area contributed by atoms with E-state index < -0.39 is 10.8 Å². The number of hydrogen-bond donors (Lipinski definition) is 0. The summed E-state index contributed by atoms with van der Waals surface area (Å²) >= 11 is 0. The molecule has 0 bridgehead atoms. The lowest BCUT2D eigenvalue weighted by Crippen LogP contribution is -2.28. The van der Waals surface area contributed by atoms with Crippen molar-refractivity contribution in [3.63, 3.8) is 0 Å². The molecule has 1 aromatic heterocycles. The molecule has 17 rings (SSSR count). The molecule has 0 amide bonds. The van der Waals surface area contributed by atoms with Crippen molar-refractivity contribution in [3.05, 3.63) is 408 Å². The molecule has 2 aliphatic carbocycles. The highest BCUT2D eigenvalue weighted by Crippen LogP contribution is 2.60. The van der Waals surface area contributed by atoms with E-state index in [0.29, 0.717) is 11.2 Å². The van der Waals surface area contributed by atoms with Crippen LogP contribution in [0.2, 0.25) is 0 Å². The number of anilines is 6. The highest BCUT2D eigenvalue weighted by Gasteiger charge is 2.48. The minimum atomic E-state index is -0.748. The second-order valence-corrected chi connectivity index (χ2v) is 24.7. The maximum atomic E-state index is 15.1. The standard InChI is InChI=1S/C90H60F2N2O3/c1-3-59-23-43-73(44-24-59)95-75-47-27-63(28-48-75)89(61-15-7-5-8-16-61)83-21-13-11-19-77(83)79-51-39-69(55-85(79)89)93(67-35-31-65(91)32-36-67)71-41-53-81-82-54-42-72(58-88(82)97-87(81)57-71)94(68-37-33-66(92)34-38-68)70-40-52-80-78-20-12-14-22-84(78)90(86(80)56-70,62-17-9-6-10-18-62)64-29-49-76(50-30-64)96-74-45-25-60(4-2)26-46-74/h3-58H,1-2H2. The van der Waals surface area contributed by atoms with Gasteiger partial charge in [0.05, 0.1) is 10.8 Å². The SMILES string of the molecule is C=Cc1ccc(Oc2ccc(C3(c4ccccc4)c4ccccc4-c4ccc(N(c5ccc(F)cc5)c5ccc6c(c5)oc5cc(N(c7ccc(F)cc7)c7ccc8c(c7)C(c7ccccc7)(c7ccc(Oc9ccc(C=C)cc9)cc7)c7ccccc7-8)ccc56)cc43)cc2)cc1. The molecule has 2 unspecified atom stereocenters. The smallest absolute Gasteiger partial charge is 0.137 e. The van der Waals surface area contributed by atoms with Crippen molar-refractivity contribution < 1.29 is 22.7 Å². The first-order valence-electron chi connectivity index (χ1n) is 32.4. The molecule has 2 aliphatic rings. The average Bonchev–Trinajstić information content (AvgIpc) is 1.56. The van der Waals surface area contributed by atoms with E-state index in [4.69, 9.17) is 13.9 Å². The van der Waals surface area contributed by atoms with E-state index in [0.717, 1.165) is 135 Å². The van der Waals surface area contributed by atoms with Gasteiger partial charge in [0.1, 0.15) is 45.8 Å². The Morgan fingerprint density at radius 2 is 0.598 bits per heavy atom. The van der Waals surface area contributed by atoms with E-state index in [-0.39, 0.29) is 11.6 Å². The zero-order chi connectivity index (χ0) is 65.2. The summed E-state index contributed by atoms with van der Waals surface area (Å²) in [6, 6.07) is 111. The molecule has 7 heteroatoms. The van der Waals surface area contributed by atoms with Crippen LogP contribution in [0, 0.1) is 11.6 Å². The number of ether oxygens (including phenoxy) is 2. The Kier molecular flexibility index (Phi) is 14.3. The van der Waals surface area contributed by atoms with Crippen LogP contribution in [-0.4, -0.2) is 0 Å². The van der Waals surface area contributed by atoms with Gasteiger partial charge in [-0.2, -0.15) is 0 Å². The number of halogens is 2. The molecule has 5 nitrogen and oxygen atoms in total. The molecular formula is C90H60F2N2O3. The molecule has 2 atom stereocenters. The maximum Gasteiger partial charge on any atom is 0.137 e. The summed E-state index contributed by atoms with van der Waals surface area (Å²) in [5.41, 5.74) is 20.2. The van der Waals surface area contributed by atoms with Crippen LogP contribution >= 0.6 is 0 Å². The lowest BCUT2D eigenvalue weighted by molar-refractivity contribution is 0.482. The molecule has 0 saturated carbocycles. The first-order valence-corrected chi connectivity index (χ1v) is 32.4. The lowest BCUT2D eigenvalue weighted by atomic mass is 9.67. The van der Waals surface area contributed by atoms with Crippen molar-refractivity contribution >= 4 is 68.2 Å². The fraction of sp³-hybridized carbons (Fsp3) is 0.0222. The van der Waals surface area contributed by atoms with Crippen LogP contribution in [0.25, 0.3) is 56.3 Å². The number of furan rings is 1. The molecule has 0 radical (unpaired) electrons. The molecule has 0 fully saturated rings.